The molecule has 0 spiro atoms. The summed E-state index contributed by atoms with van der Waals surface area (Å²) in [6.45, 7) is 6.35. The van der Waals surface area contributed by atoms with Crippen LogP contribution < -0.4 is 14.8 Å². The van der Waals surface area contributed by atoms with E-state index in [9.17, 15) is 13.2 Å². The second kappa shape index (κ2) is 11.6. The Kier molecular flexibility index (Phi) is 8.59. The van der Waals surface area contributed by atoms with E-state index in [1.807, 2.05) is 0 Å². The molecule has 0 atom stereocenters. The molecule has 0 aliphatic rings. The average Bonchev–Trinajstić information content (AvgIpc) is 2.78. The van der Waals surface area contributed by atoms with Crippen LogP contribution in [0.25, 0.3) is 0 Å². The van der Waals surface area contributed by atoms with E-state index in [-0.39, 0.29) is 16.8 Å². The maximum atomic E-state index is 12.6. The molecule has 0 aliphatic carbocycles. The highest BCUT2D eigenvalue weighted by molar-refractivity contribution is 7.92. The fourth-order valence-electron chi connectivity index (χ4n) is 3.29. The molecule has 9 heteroatoms. The summed E-state index contributed by atoms with van der Waals surface area (Å²) in [6, 6.07) is 14.6. The predicted octanol–water partition coefficient (Wildman–Crippen LogP) is 5.11. The van der Waals surface area contributed by atoms with Crippen LogP contribution in [0.5, 0.6) is 5.75 Å². The first kappa shape index (κ1) is 25.2. The van der Waals surface area contributed by atoms with E-state index >= 15 is 0 Å². The highest BCUT2D eigenvalue weighted by Crippen LogP contribution is 2.19. The lowest BCUT2D eigenvalue weighted by atomic mass is 10.2. The minimum absolute atomic E-state index is 0.0169. The summed E-state index contributed by atoms with van der Waals surface area (Å²) >= 11 is 0. The number of rotatable bonds is 11. The Morgan fingerprint density at radius 1 is 0.912 bits per heavy atom. The number of amides is 1. The number of hydrogen-bond acceptors (Lipinski definition) is 6. The molecule has 0 fully saturated rings. The Morgan fingerprint density at radius 3 is 2.18 bits per heavy atom. The quantitative estimate of drug-likeness (QED) is 0.368. The van der Waals surface area contributed by atoms with Crippen LogP contribution in [0.15, 0.2) is 59.5 Å². The molecule has 0 saturated heterocycles. The van der Waals surface area contributed by atoms with Crippen LogP contribution in [0.4, 0.5) is 11.6 Å². The normalized spacial score (nSPS) is 11.1. The van der Waals surface area contributed by atoms with Crippen LogP contribution in [0.1, 0.15) is 54.4 Å². The summed E-state index contributed by atoms with van der Waals surface area (Å²) < 4.78 is 33.4. The maximum Gasteiger partial charge on any atom is 0.264 e. The lowest BCUT2D eigenvalue weighted by molar-refractivity contribution is 0.102. The van der Waals surface area contributed by atoms with Crippen molar-refractivity contribution in [2.75, 3.05) is 16.6 Å². The predicted molar refractivity (Wildman–Crippen MR) is 133 cm³/mol. The van der Waals surface area contributed by atoms with E-state index in [4.69, 9.17) is 4.74 Å². The zero-order chi connectivity index (χ0) is 24.6. The Balaban J connectivity index is 1.58. The van der Waals surface area contributed by atoms with Gasteiger partial charge < -0.3 is 10.1 Å². The van der Waals surface area contributed by atoms with E-state index in [1.165, 1.54) is 37.1 Å². The highest BCUT2D eigenvalue weighted by atomic mass is 32.2. The number of sulfonamides is 1. The lowest BCUT2D eigenvalue weighted by Crippen LogP contribution is -2.16. The summed E-state index contributed by atoms with van der Waals surface area (Å²) in [5, 5.41) is 2.77. The number of carbonyl (C=O) groups excluding carboxylic acids is 1. The first-order valence-electron chi connectivity index (χ1n) is 11.3. The van der Waals surface area contributed by atoms with Crippen molar-refractivity contribution in [3.8, 4) is 5.75 Å². The number of ether oxygens (including phenoxy) is 1. The second-order valence-corrected chi connectivity index (χ2v) is 9.67. The van der Waals surface area contributed by atoms with E-state index < -0.39 is 10.0 Å². The van der Waals surface area contributed by atoms with Crippen LogP contribution in [0, 0.1) is 13.8 Å². The summed E-state index contributed by atoms with van der Waals surface area (Å²) in [5.74, 6) is 0.443. The minimum atomic E-state index is -3.86. The fraction of sp³-hybridized carbons (Fsp3) is 0.320. The van der Waals surface area contributed by atoms with E-state index in [2.05, 4.69) is 26.9 Å². The number of nitrogens with zero attached hydrogens (tertiary/aromatic N) is 2. The molecule has 0 radical (unpaired) electrons. The van der Waals surface area contributed by atoms with Crippen LogP contribution in [0.3, 0.4) is 0 Å². The summed E-state index contributed by atoms with van der Waals surface area (Å²) in [4.78, 5) is 20.8. The van der Waals surface area contributed by atoms with Gasteiger partial charge in [0.1, 0.15) is 5.75 Å². The molecule has 0 aliphatic heterocycles. The third-order valence-electron chi connectivity index (χ3n) is 5.01. The molecule has 0 unspecified atom stereocenters. The summed E-state index contributed by atoms with van der Waals surface area (Å²) in [6.07, 6.45) is 4.54. The van der Waals surface area contributed by atoms with Gasteiger partial charge in [0.2, 0.25) is 5.95 Å². The Labute approximate surface area is 200 Å². The molecule has 2 N–H and O–H groups in total. The van der Waals surface area contributed by atoms with Crippen molar-refractivity contribution in [1.82, 2.24) is 9.97 Å². The van der Waals surface area contributed by atoms with Gasteiger partial charge in [0.25, 0.3) is 15.9 Å². The Hall–Kier alpha value is -3.46. The molecule has 0 saturated carbocycles. The Bertz CT molecular complexity index is 1190. The van der Waals surface area contributed by atoms with Crippen molar-refractivity contribution in [2.45, 2.75) is 51.3 Å². The third-order valence-corrected chi connectivity index (χ3v) is 6.36. The van der Waals surface area contributed by atoms with Gasteiger partial charge in [-0.2, -0.15) is 0 Å². The zero-order valence-corrected chi connectivity index (χ0v) is 20.5. The van der Waals surface area contributed by atoms with Crippen LogP contribution >= 0.6 is 0 Å². The summed E-state index contributed by atoms with van der Waals surface area (Å²) in [7, 11) is -3.86. The topological polar surface area (TPSA) is 110 Å². The second-order valence-electron chi connectivity index (χ2n) is 7.99. The SMILES string of the molecule is CCCCCCOc1ccc(C(=O)Nc2ccc(S(=O)(=O)Nc3nc(C)cc(C)n3)cc2)cc1. The molecule has 3 aromatic rings. The molecule has 3 rings (SSSR count). The molecule has 34 heavy (non-hydrogen) atoms. The van der Waals surface area contributed by atoms with Gasteiger partial charge in [0, 0.05) is 22.6 Å². The molecule has 1 heterocycles. The van der Waals surface area contributed by atoms with Gasteiger partial charge in [-0.05, 0) is 74.9 Å². The number of aryl methyl sites for hydroxylation is 2. The van der Waals surface area contributed by atoms with E-state index in [1.54, 1.807) is 44.2 Å². The first-order chi connectivity index (χ1) is 16.3. The third kappa shape index (κ3) is 7.28. The van der Waals surface area contributed by atoms with Crippen molar-refractivity contribution in [2.24, 2.45) is 0 Å². The van der Waals surface area contributed by atoms with Crippen LogP contribution in [-0.4, -0.2) is 30.9 Å². The van der Waals surface area contributed by atoms with E-state index in [0.717, 1.165) is 18.6 Å². The van der Waals surface area contributed by atoms with Crippen molar-refractivity contribution in [3.05, 3.63) is 71.5 Å². The maximum absolute atomic E-state index is 12.6. The van der Waals surface area contributed by atoms with Gasteiger partial charge in [-0.1, -0.05) is 26.2 Å². The Morgan fingerprint density at radius 2 is 1.56 bits per heavy atom. The van der Waals surface area contributed by atoms with Gasteiger partial charge in [0.05, 0.1) is 11.5 Å². The number of hydrogen-bond donors (Lipinski definition) is 2. The van der Waals surface area contributed by atoms with Crippen molar-refractivity contribution in [1.29, 1.82) is 0 Å². The molecule has 1 amide bonds. The molecular weight excluding hydrogens is 452 g/mol. The van der Waals surface area contributed by atoms with Gasteiger partial charge in [-0.3, -0.25) is 4.79 Å². The molecular formula is C25H30N4O4S. The van der Waals surface area contributed by atoms with Crippen molar-refractivity contribution < 1.29 is 17.9 Å². The first-order valence-corrected chi connectivity index (χ1v) is 12.7. The fourth-order valence-corrected chi connectivity index (χ4v) is 4.24. The van der Waals surface area contributed by atoms with Crippen LogP contribution in [-0.2, 0) is 10.0 Å². The number of nitrogens with one attached hydrogen (secondary N) is 2. The monoisotopic (exact) mass is 482 g/mol. The van der Waals surface area contributed by atoms with Gasteiger partial charge in [0.15, 0.2) is 0 Å². The number of unbranched alkanes of at least 4 members (excludes halogenated alkanes) is 3. The van der Waals surface area contributed by atoms with Gasteiger partial charge >= 0.3 is 0 Å². The minimum Gasteiger partial charge on any atom is -0.494 e. The number of carbonyl (C=O) groups is 1. The van der Waals surface area contributed by atoms with Crippen LogP contribution in [0.2, 0.25) is 0 Å². The smallest absolute Gasteiger partial charge is 0.264 e. The van der Waals surface area contributed by atoms with Gasteiger partial charge in [-0.25, -0.2) is 23.1 Å². The zero-order valence-electron chi connectivity index (χ0n) is 19.7. The highest BCUT2D eigenvalue weighted by Gasteiger charge is 2.16. The standard InChI is InChI=1S/C25H30N4O4S/c1-4-5-6-7-16-33-22-12-8-20(9-13-22)24(30)28-21-10-14-23(15-11-21)34(31,32)29-25-26-18(2)17-19(3)27-25/h8-15,17H,4-7,16H2,1-3H3,(H,28,30)(H,26,27,29). The molecule has 2 aromatic carbocycles. The molecule has 180 valence electrons. The average molecular weight is 483 g/mol. The number of anilines is 2. The number of benzene rings is 2. The van der Waals surface area contributed by atoms with Crippen molar-refractivity contribution in [3.63, 3.8) is 0 Å². The van der Waals surface area contributed by atoms with Crippen molar-refractivity contribution >= 4 is 27.6 Å². The molecule has 0 bridgehead atoms. The lowest BCUT2D eigenvalue weighted by Gasteiger charge is -2.10. The largest absolute Gasteiger partial charge is 0.494 e. The van der Waals surface area contributed by atoms with E-state index in [0.29, 0.717) is 29.2 Å². The molecule has 8 nitrogen and oxygen atoms in total. The summed E-state index contributed by atoms with van der Waals surface area (Å²) in [5.41, 5.74) is 2.27. The molecule has 1 aromatic heterocycles. The van der Waals surface area contributed by atoms with Gasteiger partial charge in [-0.15, -0.1) is 0 Å². The number of aromatic nitrogens is 2.